The van der Waals surface area contributed by atoms with Crippen molar-refractivity contribution in [1.29, 1.82) is 0 Å². The van der Waals surface area contributed by atoms with Gasteiger partial charge in [0.25, 0.3) is 0 Å². The lowest BCUT2D eigenvalue weighted by Gasteiger charge is -2.12. The Hall–Kier alpha value is -1.06. The quantitative estimate of drug-likeness (QED) is 0.0488. The molecule has 0 saturated heterocycles. The van der Waals surface area contributed by atoms with Crippen molar-refractivity contribution in [2.75, 3.05) is 6.61 Å². The molecule has 0 amide bonds. The van der Waals surface area contributed by atoms with Crippen LogP contribution in [0.25, 0.3) is 0 Å². The minimum Gasteiger partial charge on any atom is -0.481 e. The molecule has 0 aromatic heterocycles. The van der Waals surface area contributed by atoms with Gasteiger partial charge in [-0.25, -0.2) is 0 Å². The van der Waals surface area contributed by atoms with Gasteiger partial charge in [-0.1, -0.05) is 342 Å². The van der Waals surface area contributed by atoms with Crippen LogP contribution in [0.1, 0.15) is 374 Å². The maximum absolute atomic E-state index is 11.8. The molecule has 0 bridgehead atoms. The third-order valence-corrected chi connectivity index (χ3v) is 14.4. The molecule has 0 heterocycles. The second-order valence-electron chi connectivity index (χ2n) is 21.2. The summed E-state index contributed by atoms with van der Waals surface area (Å²) in [5, 5.41) is 9.55. The van der Waals surface area contributed by atoms with Crippen molar-refractivity contribution in [3.05, 3.63) is 0 Å². The predicted molar refractivity (Wildman–Crippen MR) is 294 cm³/mol. The smallest absolute Gasteiger partial charge is 0.306 e. The number of ether oxygens (including phenoxy) is 1. The fourth-order valence-corrected chi connectivity index (χ4v) is 9.70. The monoisotopic (exact) mass is 933 g/mol. The number of carbonyl (C=O) groups excluding carboxylic acids is 1. The molecule has 0 aliphatic heterocycles. The van der Waals surface area contributed by atoms with Crippen molar-refractivity contribution in [2.45, 2.75) is 374 Å². The van der Waals surface area contributed by atoms with Crippen LogP contribution in [0.3, 0.4) is 0 Å². The average Bonchev–Trinajstić information content (AvgIpc) is 3.31. The van der Waals surface area contributed by atoms with Gasteiger partial charge in [0.2, 0.25) is 0 Å². The van der Waals surface area contributed by atoms with E-state index in [2.05, 4.69) is 27.7 Å². The van der Waals surface area contributed by atoms with E-state index in [1.165, 1.54) is 302 Å². The zero-order valence-corrected chi connectivity index (χ0v) is 46.1. The van der Waals surface area contributed by atoms with Crippen molar-refractivity contribution in [3.8, 4) is 0 Å². The van der Waals surface area contributed by atoms with E-state index in [9.17, 15) is 14.7 Å². The fourth-order valence-electron chi connectivity index (χ4n) is 9.70. The van der Waals surface area contributed by atoms with E-state index in [0.29, 0.717) is 13.0 Å². The largest absolute Gasteiger partial charge is 0.481 e. The number of carboxylic acids is 1. The number of carbonyl (C=O) groups is 2. The molecule has 4 nitrogen and oxygen atoms in total. The van der Waals surface area contributed by atoms with Crippen molar-refractivity contribution in [1.82, 2.24) is 0 Å². The van der Waals surface area contributed by atoms with Crippen LogP contribution in [-0.2, 0) is 14.3 Å². The lowest BCUT2D eigenvalue weighted by molar-refractivity contribution is -0.144. The summed E-state index contributed by atoms with van der Waals surface area (Å²) in [6.07, 6.45) is 71.2. The first kappa shape index (κ1) is 67.0. The van der Waals surface area contributed by atoms with Crippen LogP contribution in [0.4, 0.5) is 0 Å². The number of rotatable bonds is 56. The third-order valence-electron chi connectivity index (χ3n) is 14.4. The maximum atomic E-state index is 11.8. The molecule has 1 unspecified atom stereocenters. The van der Waals surface area contributed by atoms with Crippen molar-refractivity contribution < 1.29 is 19.4 Å². The lowest BCUT2D eigenvalue weighted by Crippen LogP contribution is -2.13. The molecule has 1 atom stereocenters. The molecule has 0 aliphatic rings. The second-order valence-corrected chi connectivity index (χ2v) is 21.2. The molecule has 0 radical (unpaired) electrons. The topological polar surface area (TPSA) is 63.6 Å². The Bertz CT molecular complexity index is 887. The Kier molecular flexibility index (Phi) is 62.9. The molecule has 0 rings (SSSR count). The summed E-state index contributed by atoms with van der Waals surface area (Å²) in [6.45, 7) is 9.75. The van der Waals surface area contributed by atoms with Crippen molar-refractivity contribution in [2.24, 2.45) is 5.92 Å². The van der Waals surface area contributed by atoms with Gasteiger partial charge in [0.15, 0.2) is 0 Å². The van der Waals surface area contributed by atoms with Gasteiger partial charge in [-0.05, 0) is 25.7 Å². The van der Waals surface area contributed by atoms with Gasteiger partial charge < -0.3 is 9.84 Å². The highest BCUT2D eigenvalue weighted by Crippen LogP contribution is 2.21. The predicted octanol–water partition coefficient (Wildman–Crippen LogP) is 22.4. The second kappa shape index (κ2) is 62.0. The summed E-state index contributed by atoms with van der Waals surface area (Å²) in [5.74, 6) is -0.631. The van der Waals surface area contributed by atoms with Gasteiger partial charge in [0.1, 0.15) is 0 Å². The van der Waals surface area contributed by atoms with E-state index in [1.54, 1.807) is 0 Å². The van der Waals surface area contributed by atoms with Crippen LogP contribution in [0, 0.1) is 5.92 Å². The lowest BCUT2D eigenvalue weighted by atomic mass is 9.94. The maximum Gasteiger partial charge on any atom is 0.306 e. The highest BCUT2D eigenvalue weighted by Gasteiger charge is 2.16. The van der Waals surface area contributed by atoms with Gasteiger partial charge in [0, 0.05) is 6.42 Å². The van der Waals surface area contributed by atoms with E-state index >= 15 is 0 Å². The number of aliphatic carboxylic acids is 1. The Morgan fingerprint density at radius 1 is 0.288 bits per heavy atom. The Labute approximate surface area is 416 Å². The van der Waals surface area contributed by atoms with Crippen LogP contribution in [0.5, 0.6) is 0 Å². The van der Waals surface area contributed by atoms with E-state index in [4.69, 9.17) is 4.74 Å². The molecule has 0 aromatic carbocycles. The van der Waals surface area contributed by atoms with Crippen LogP contribution in [0.15, 0.2) is 0 Å². The molecule has 396 valence electrons. The molecule has 4 heteroatoms. The molecule has 0 aromatic rings. The minimum absolute atomic E-state index is 0.0237. The number of hydrogen-bond donors (Lipinski definition) is 1. The highest BCUT2D eigenvalue weighted by atomic mass is 16.5. The van der Waals surface area contributed by atoms with Gasteiger partial charge in [-0.15, -0.1) is 0 Å². The highest BCUT2D eigenvalue weighted by molar-refractivity contribution is 5.70. The molecule has 1 N–H and O–H groups in total. The van der Waals surface area contributed by atoms with Crippen LogP contribution in [0.2, 0.25) is 0 Å². The molecular weight excluding hydrogens is 809 g/mol. The average molecular weight is 934 g/mol. The summed E-state index contributed by atoms with van der Waals surface area (Å²) in [4.78, 5) is 23.4. The summed E-state index contributed by atoms with van der Waals surface area (Å²) >= 11 is 0. The third kappa shape index (κ3) is 61.0. The van der Waals surface area contributed by atoms with Crippen molar-refractivity contribution in [3.63, 3.8) is 0 Å². The van der Waals surface area contributed by atoms with E-state index in [-0.39, 0.29) is 11.9 Å². The summed E-state index contributed by atoms with van der Waals surface area (Å²) in [5.41, 5.74) is 0. The number of unbranched alkanes of at least 4 members (excludes halogenated alkanes) is 47. The summed E-state index contributed by atoms with van der Waals surface area (Å²) in [6, 6.07) is 0. The zero-order chi connectivity index (χ0) is 48.3. The fraction of sp³-hybridized carbons (Fsp3) is 0.968. The first-order chi connectivity index (χ1) is 32.5. The molecule has 0 fully saturated rings. The molecule has 0 spiro atoms. The SMILES string of the molecule is CCCCCCCCCCCCCCCCC(CCCCCCCCCCCCCC)C(=O)O.CCCCCCCCCCCCCCCCOC(=O)CCCCCCCCCCCCC. The Morgan fingerprint density at radius 3 is 0.712 bits per heavy atom. The standard InChI is InChI=1S/C32H64O2.C30H60O2/c1-3-5-7-9-11-13-15-17-18-20-22-24-26-28-30-31(32(33)34)29-27-25-23-21-19-16-14-12-10-8-6-4-2;1-3-5-7-9-11-13-15-16-17-19-21-23-25-27-29-32-30(31)28-26-24-22-20-18-14-12-10-8-6-4-2/h31H,3-30H2,1-2H3,(H,33,34);3-29H2,1-2H3. The number of esters is 1. The zero-order valence-electron chi connectivity index (χ0n) is 46.1. The molecule has 0 saturated carbocycles. The van der Waals surface area contributed by atoms with E-state index in [0.717, 1.165) is 38.5 Å². The van der Waals surface area contributed by atoms with E-state index < -0.39 is 5.97 Å². The van der Waals surface area contributed by atoms with E-state index in [1.807, 2.05) is 0 Å². The van der Waals surface area contributed by atoms with Crippen LogP contribution < -0.4 is 0 Å². The summed E-state index contributed by atoms with van der Waals surface area (Å²) < 4.78 is 5.40. The van der Waals surface area contributed by atoms with Crippen LogP contribution in [-0.4, -0.2) is 23.7 Å². The Balaban J connectivity index is 0. The number of carboxylic acid groups (broad SMARTS) is 1. The van der Waals surface area contributed by atoms with Crippen LogP contribution >= 0.6 is 0 Å². The van der Waals surface area contributed by atoms with Gasteiger partial charge >= 0.3 is 11.9 Å². The van der Waals surface area contributed by atoms with Gasteiger partial charge in [-0.2, -0.15) is 0 Å². The van der Waals surface area contributed by atoms with Crippen molar-refractivity contribution >= 4 is 11.9 Å². The van der Waals surface area contributed by atoms with Gasteiger partial charge in [0.05, 0.1) is 12.5 Å². The van der Waals surface area contributed by atoms with Gasteiger partial charge in [-0.3, -0.25) is 9.59 Å². The number of hydrogen-bond acceptors (Lipinski definition) is 3. The first-order valence-corrected chi connectivity index (χ1v) is 30.9. The Morgan fingerprint density at radius 2 is 0.485 bits per heavy atom. The normalized spacial score (nSPS) is 11.8. The minimum atomic E-state index is -0.558. The molecule has 0 aliphatic carbocycles. The molecular formula is C62H124O4. The summed E-state index contributed by atoms with van der Waals surface area (Å²) in [7, 11) is 0. The first-order valence-electron chi connectivity index (χ1n) is 30.9. The molecule has 66 heavy (non-hydrogen) atoms.